The molecule has 2 atom stereocenters. The Labute approximate surface area is 135 Å². The van der Waals surface area contributed by atoms with E-state index in [9.17, 15) is 18.0 Å². The van der Waals surface area contributed by atoms with E-state index in [2.05, 4.69) is 4.98 Å². The van der Waals surface area contributed by atoms with Crippen molar-refractivity contribution in [2.24, 2.45) is 11.8 Å². The average Bonchev–Trinajstić information content (AvgIpc) is 3.08. The van der Waals surface area contributed by atoms with Crippen LogP contribution in [0, 0.1) is 11.8 Å². The van der Waals surface area contributed by atoms with Crippen molar-refractivity contribution in [2.45, 2.75) is 32.6 Å². The van der Waals surface area contributed by atoms with Crippen molar-refractivity contribution in [2.75, 3.05) is 13.1 Å². The molecule has 126 valence electrons. The van der Waals surface area contributed by atoms with Crippen molar-refractivity contribution in [3.63, 3.8) is 0 Å². The molecule has 0 spiro atoms. The molecule has 1 aliphatic carbocycles. The number of carbonyl (C=O) groups excluding carboxylic acids is 1. The molecule has 2 N–H and O–H groups in total. The first-order chi connectivity index (χ1) is 10.9. The first-order valence-electron chi connectivity index (χ1n) is 7.94. The van der Waals surface area contributed by atoms with Crippen LogP contribution in [0.4, 0.5) is 0 Å². The van der Waals surface area contributed by atoms with Gasteiger partial charge in [0.05, 0.1) is 0 Å². The monoisotopic (exact) mass is 339 g/mol. The standard InChI is InChI=1S/C15H21N3O4S/c1-2-10-6-13(14(19)16-7-10)15(20)17-23(21,22)18-8-11-4-3-5-12(11)9-18/h6-7,11-12H,2-5,8-9H2,1H3,(H,16,19)(H,17,20)/t11-,12+. The van der Waals surface area contributed by atoms with Gasteiger partial charge in [0.15, 0.2) is 0 Å². The third-order valence-corrected chi connectivity index (χ3v) is 6.29. The molecule has 0 unspecified atom stereocenters. The number of aromatic nitrogens is 1. The second-order valence-corrected chi connectivity index (χ2v) is 7.98. The summed E-state index contributed by atoms with van der Waals surface area (Å²) in [4.78, 5) is 26.4. The van der Waals surface area contributed by atoms with E-state index in [0.717, 1.165) is 24.8 Å². The molecular formula is C15H21N3O4S. The fourth-order valence-corrected chi connectivity index (χ4v) is 4.78. The highest BCUT2D eigenvalue weighted by Gasteiger charge is 2.41. The Morgan fingerprint density at radius 2 is 2.00 bits per heavy atom. The number of nitrogens with one attached hydrogen (secondary N) is 2. The summed E-state index contributed by atoms with van der Waals surface area (Å²) in [5, 5.41) is 0. The van der Waals surface area contributed by atoms with Gasteiger partial charge in [-0.2, -0.15) is 12.7 Å². The maximum Gasteiger partial charge on any atom is 0.304 e. The molecule has 1 amide bonds. The molecule has 3 rings (SSSR count). The van der Waals surface area contributed by atoms with Crippen LogP contribution < -0.4 is 10.3 Å². The lowest BCUT2D eigenvalue weighted by molar-refractivity contribution is 0.0977. The maximum atomic E-state index is 12.4. The molecule has 1 saturated heterocycles. The minimum absolute atomic E-state index is 0.174. The Balaban J connectivity index is 1.76. The highest BCUT2D eigenvalue weighted by molar-refractivity contribution is 7.87. The topological polar surface area (TPSA) is 99.3 Å². The zero-order chi connectivity index (χ0) is 16.6. The molecule has 1 aromatic rings. The van der Waals surface area contributed by atoms with Crippen LogP contribution in [0.15, 0.2) is 17.1 Å². The highest BCUT2D eigenvalue weighted by Crippen LogP contribution is 2.38. The number of rotatable bonds is 4. The smallest absolute Gasteiger partial charge is 0.304 e. The van der Waals surface area contributed by atoms with Gasteiger partial charge in [0.1, 0.15) is 5.56 Å². The van der Waals surface area contributed by atoms with Gasteiger partial charge in [0.25, 0.3) is 11.5 Å². The maximum absolute atomic E-state index is 12.4. The Kier molecular flexibility index (Phi) is 4.29. The van der Waals surface area contributed by atoms with E-state index in [1.54, 1.807) is 0 Å². The molecule has 2 fully saturated rings. The predicted molar refractivity (Wildman–Crippen MR) is 85.2 cm³/mol. The van der Waals surface area contributed by atoms with Crippen molar-refractivity contribution in [1.29, 1.82) is 0 Å². The van der Waals surface area contributed by atoms with Gasteiger partial charge in [-0.15, -0.1) is 0 Å². The quantitative estimate of drug-likeness (QED) is 0.841. The van der Waals surface area contributed by atoms with Crippen molar-refractivity contribution >= 4 is 16.1 Å². The van der Waals surface area contributed by atoms with E-state index in [-0.39, 0.29) is 5.56 Å². The summed E-state index contributed by atoms with van der Waals surface area (Å²) in [6.07, 6.45) is 5.40. The Hall–Kier alpha value is -1.67. The normalized spacial score (nSPS) is 24.6. The molecule has 0 bridgehead atoms. The molecule has 8 heteroatoms. The zero-order valence-corrected chi connectivity index (χ0v) is 13.9. The third kappa shape index (κ3) is 3.18. The van der Waals surface area contributed by atoms with E-state index in [4.69, 9.17) is 0 Å². The number of H-pyrrole nitrogens is 1. The van der Waals surface area contributed by atoms with Crippen molar-refractivity contribution < 1.29 is 13.2 Å². The fourth-order valence-electron chi connectivity index (χ4n) is 3.53. The van der Waals surface area contributed by atoms with Crippen LogP contribution in [0.2, 0.25) is 0 Å². The van der Waals surface area contributed by atoms with Gasteiger partial charge in [-0.3, -0.25) is 9.59 Å². The number of fused-ring (bicyclic) bond motifs is 1. The zero-order valence-electron chi connectivity index (χ0n) is 13.0. The first-order valence-corrected chi connectivity index (χ1v) is 9.38. The number of amides is 1. The van der Waals surface area contributed by atoms with Gasteiger partial charge in [-0.25, -0.2) is 4.72 Å². The summed E-state index contributed by atoms with van der Waals surface area (Å²) in [7, 11) is -3.90. The summed E-state index contributed by atoms with van der Waals surface area (Å²) in [6.45, 7) is 2.80. The largest absolute Gasteiger partial charge is 0.328 e. The molecule has 0 aromatic carbocycles. The lowest BCUT2D eigenvalue weighted by Crippen LogP contribution is -2.44. The SMILES string of the molecule is CCc1c[nH]c(=O)c(C(=O)NS(=O)(=O)N2C[C@H]3CCC[C@H]3C2)c1. The first kappa shape index (κ1) is 16.2. The summed E-state index contributed by atoms with van der Waals surface area (Å²) in [5.41, 5.74) is 0.00311. The van der Waals surface area contributed by atoms with Gasteiger partial charge in [0.2, 0.25) is 0 Å². The molecule has 1 saturated carbocycles. The summed E-state index contributed by atoms with van der Waals surface area (Å²) in [6, 6.07) is 1.43. The van der Waals surface area contributed by atoms with Crippen LogP contribution >= 0.6 is 0 Å². The number of aryl methyl sites for hydroxylation is 1. The number of hydrogen-bond donors (Lipinski definition) is 2. The fraction of sp³-hybridized carbons (Fsp3) is 0.600. The second-order valence-electron chi connectivity index (χ2n) is 6.31. The minimum atomic E-state index is -3.90. The van der Waals surface area contributed by atoms with E-state index in [0.29, 0.717) is 31.3 Å². The van der Waals surface area contributed by atoms with E-state index >= 15 is 0 Å². The highest BCUT2D eigenvalue weighted by atomic mass is 32.2. The number of pyridine rings is 1. The minimum Gasteiger partial charge on any atom is -0.328 e. The molecular weight excluding hydrogens is 318 g/mol. The van der Waals surface area contributed by atoms with Crippen LogP contribution in [-0.4, -0.2) is 36.7 Å². The summed E-state index contributed by atoms with van der Waals surface area (Å²) >= 11 is 0. The van der Waals surface area contributed by atoms with Gasteiger partial charge >= 0.3 is 10.2 Å². The molecule has 0 radical (unpaired) electrons. The van der Waals surface area contributed by atoms with Crippen molar-refractivity contribution in [1.82, 2.24) is 14.0 Å². The Morgan fingerprint density at radius 1 is 1.35 bits per heavy atom. The summed E-state index contributed by atoms with van der Waals surface area (Å²) in [5.74, 6) is -0.0828. The van der Waals surface area contributed by atoms with Crippen LogP contribution in [0.5, 0.6) is 0 Å². The van der Waals surface area contributed by atoms with Gasteiger partial charge in [0, 0.05) is 19.3 Å². The Morgan fingerprint density at radius 3 is 2.61 bits per heavy atom. The van der Waals surface area contributed by atoms with Gasteiger partial charge in [-0.05, 0) is 42.7 Å². The van der Waals surface area contributed by atoms with E-state index < -0.39 is 21.7 Å². The van der Waals surface area contributed by atoms with E-state index in [1.165, 1.54) is 16.6 Å². The lowest BCUT2D eigenvalue weighted by Gasteiger charge is -2.17. The molecule has 23 heavy (non-hydrogen) atoms. The number of carbonyl (C=O) groups is 1. The van der Waals surface area contributed by atoms with Gasteiger partial charge < -0.3 is 4.98 Å². The van der Waals surface area contributed by atoms with Gasteiger partial charge in [-0.1, -0.05) is 13.3 Å². The summed E-state index contributed by atoms with van der Waals surface area (Å²) < 4.78 is 28.2. The van der Waals surface area contributed by atoms with Crippen molar-refractivity contribution in [3.8, 4) is 0 Å². The lowest BCUT2D eigenvalue weighted by atomic mass is 10.0. The molecule has 2 heterocycles. The molecule has 2 aliphatic rings. The van der Waals surface area contributed by atoms with Crippen LogP contribution in [0.3, 0.4) is 0 Å². The Bertz CT molecular complexity index is 759. The third-order valence-electron chi connectivity index (χ3n) is 4.87. The predicted octanol–water partition coefficient (Wildman–Crippen LogP) is 0.644. The molecule has 1 aromatic heterocycles. The van der Waals surface area contributed by atoms with Crippen LogP contribution in [0.25, 0.3) is 0 Å². The number of nitrogens with zero attached hydrogens (tertiary/aromatic N) is 1. The number of aromatic amines is 1. The second kappa shape index (κ2) is 6.09. The molecule has 1 aliphatic heterocycles. The van der Waals surface area contributed by atoms with E-state index in [1.807, 2.05) is 11.6 Å². The average molecular weight is 339 g/mol. The number of hydrogen-bond acceptors (Lipinski definition) is 4. The molecule has 7 nitrogen and oxygen atoms in total. The van der Waals surface area contributed by atoms with Crippen LogP contribution in [0.1, 0.15) is 42.1 Å². The van der Waals surface area contributed by atoms with Crippen molar-refractivity contribution in [3.05, 3.63) is 33.7 Å². The van der Waals surface area contributed by atoms with Crippen LogP contribution in [-0.2, 0) is 16.6 Å².